The van der Waals surface area contributed by atoms with E-state index in [1.807, 2.05) is 36.4 Å². The summed E-state index contributed by atoms with van der Waals surface area (Å²) in [4.78, 5) is 23.2. The first-order valence-electron chi connectivity index (χ1n) is 8.93. The Bertz CT molecular complexity index is 732. The van der Waals surface area contributed by atoms with E-state index in [9.17, 15) is 4.79 Å². The van der Waals surface area contributed by atoms with Gasteiger partial charge in [0.05, 0.1) is 10.6 Å². The van der Waals surface area contributed by atoms with Crippen LogP contribution in [0.15, 0.2) is 52.4 Å². The van der Waals surface area contributed by atoms with Gasteiger partial charge in [0.2, 0.25) is 0 Å². The first-order chi connectivity index (χ1) is 12.5. The molecule has 0 unspecified atom stereocenters. The van der Waals surface area contributed by atoms with E-state index in [4.69, 9.17) is 4.74 Å². The summed E-state index contributed by atoms with van der Waals surface area (Å²) in [6, 6.07) is 12.5. The minimum atomic E-state index is -0.384. The fraction of sp³-hybridized carbons (Fsp3) is 0.400. The molecule has 1 aromatic carbocycles. The third kappa shape index (κ3) is 4.75. The second-order valence-electron chi connectivity index (χ2n) is 6.77. The van der Waals surface area contributed by atoms with Crippen LogP contribution in [0.5, 0.6) is 0 Å². The molecule has 1 aliphatic heterocycles. The van der Waals surface area contributed by atoms with Gasteiger partial charge in [0.15, 0.2) is 5.82 Å². The van der Waals surface area contributed by atoms with E-state index in [-0.39, 0.29) is 18.5 Å². The summed E-state index contributed by atoms with van der Waals surface area (Å²) < 4.78 is 5.62. The number of pyridine rings is 1. The third-order valence-corrected chi connectivity index (χ3v) is 5.48. The van der Waals surface area contributed by atoms with Crippen molar-refractivity contribution in [3.8, 4) is 0 Å². The quantitative estimate of drug-likeness (QED) is 0.667. The lowest BCUT2D eigenvalue weighted by molar-refractivity contribution is 0.108. The molecule has 3 rings (SSSR count). The predicted molar refractivity (Wildman–Crippen MR) is 113 cm³/mol. The van der Waals surface area contributed by atoms with E-state index >= 15 is 0 Å². The molecule has 0 spiro atoms. The zero-order chi connectivity index (χ0) is 18.7. The first-order valence-corrected chi connectivity index (χ1v) is 9.75. The van der Waals surface area contributed by atoms with Crippen LogP contribution >= 0.6 is 24.2 Å². The maximum atomic E-state index is 12.9. The number of rotatable bonds is 5. The number of hydrogen-bond acceptors (Lipinski definition) is 5. The van der Waals surface area contributed by atoms with Crippen LogP contribution in [0.3, 0.4) is 0 Å². The maximum Gasteiger partial charge on any atom is 0.420 e. The fourth-order valence-corrected chi connectivity index (χ4v) is 4.22. The van der Waals surface area contributed by atoms with Crippen LogP contribution in [0, 0.1) is 0 Å². The van der Waals surface area contributed by atoms with Crippen molar-refractivity contribution >= 4 is 41.8 Å². The minimum absolute atomic E-state index is 0. The highest BCUT2D eigenvalue weighted by Crippen LogP contribution is 2.46. The lowest BCUT2D eigenvalue weighted by Gasteiger charge is -2.31. The van der Waals surface area contributed by atoms with Gasteiger partial charge in [0.25, 0.3) is 0 Å². The Hall–Kier alpha value is -1.76. The molecule has 0 saturated carbocycles. The average Bonchev–Trinajstić information content (AvgIpc) is 2.62. The van der Waals surface area contributed by atoms with Gasteiger partial charge in [0, 0.05) is 29.7 Å². The highest BCUT2D eigenvalue weighted by molar-refractivity contribution is 7.99. The number of hydrogen-bond donors (Lipinski definition) is 0. The summed E-state index contributed by atoms with van der Waals surface area (Å²) in [6.45, 7) is 9.67. The zero-order valence-corrected chi connectivity index (χ0v) is 17.7. The monoisotopic (exact) mass is 407 g/mol. The molecule has 5 nitrogen and oxygen atoms in total. The van der Waals surface area contributed by atoms with Crippen LogP contribution in [0.4, 0.5) is 16.3 Å². The Morgan fingerprint density at radius 3 is 2.48 bits per heavy atom. The van der Waals surface area contributed by atoms with Gasteiger partial charge in [-0.15, -0.1) is 12.4 Å². The largest absolute Gasteiger partial charge is 0.448 e. The molecular weight excluding hydrogens is 382 g/mol. The van der Waals surface area contributed by atoms with Crippen molar-refractivity contribution in [2.24, 2.45) is 0 Å². The Kier molecular flexibility index (Phi) is 7.53. The van der Waals surface area contributed by atoms with Gasteiger partial charge < -0.3 is 4.74 Å². The number of ether oxygens (including phenoxy) is 1. The molecule has 0 fully saturated rings. The second-order valence-corrected chi connectivity index (χ2v) is 7.85. The number of para-hydroxylation sites is 1. The molecule has 1 amide bonds. The topological polar surface area (TPSA) is 45.7 Å². The van der Waals surface area contributed by atoms with Gasteiger partial charge in [0.1, 0.15) is 6.61 Å². The third-order valence-electron chi connectivity index (χ3n) is 4.37. The van der Waals surface area contributed by atoms with E-state index in [0.29, 0.717) is 31.1 Å². The van der Waals surface area contributed by atoms with Crippen molar-refractivity contribution in [2.75, 3.05) is 18.1 Å². The molecule has 0 aliphatic carbocycles. The van der Waals surface area contributed by atoms with Crippen molar-refractivity contribution in [1.29, 1.82) is 0 Å². The molecule has 0 atom stereocenters. The molecule has 0 bridgehead atoms. The number of carbonyl (C=O) groups excluding carboxylic acids is 1. The Balaban J connectivity index is 0.00000261. The summed E-state index contributed by atoms with van der Waals surface area (Å²) in [5, 5.41) is 0. The van der Waals surface area contributed by atoms with Crippen molar-refractivity contribution in [3.63, 3.8) is 0 Å². The summed E-state index contributed by atoms with van der Waals surface area (Å²) in [5.41, 5.74) is 0.818. The van der Waals surface area contributed by atoms with E-state index in [0.717, 1.165) is 15.5 Å². The predicted octanol–water partition coefficient (Wildman–Crippen LogP) is 5.36. The van der Waals surface area contributed by atoms with Crippen LogP contribution in [-0.4, -0.2) is 41.2 Å². The number of fused-ring (bicyclic) bond motifs is 2. The maximum absolute atomic E-state index is 12.9. The number of carbonyl (C=O) groups is 1. The number of aromatic nitrogens is 1. The van der Waals surface area contributed by atoms with Gasteiger partial charge in [-0.3, -0.25) is 4.90 Å². The average molecular weight is 408 g/mol. The molecular formula is C20H26ClN3O2S. The number of anilines is 2. The Morgan fingerprint density at radius 2 is 1.78 bits per heavy atom. The summed E-state index contributed by atoms with van der Waals surface area (Å²) in [5.74, 6) is 0.630. The molecule has 0 radical (unpaired) electrons. The molecule has 0 N–H and O–H groups in total. The number of nitrogens with zero attached hydrogens (tertiary/aromatic N) is 3. The van der Waals surface area contributed by atoms with Crippen molar-refractivity contribution in [2.45, 2.75) is 49.6 Å². The van der Waals surface area contributed by atoms with Crippen molar-refractivity contribution < 1.29 is 9.53 Å². The zero-order valence-electron chi connectivity index (χ0n) is 16.1. The van der Waals surface area contributed by atoms with Gasteiger partial charge in [-0.1, -0.05) is 23.9 Å². The van der Waals surface area contributed by atoms with Crippen molar-refractivity contribution in [1.82, 2.24) is 9.88 Å². The van der Waals surface area contributed by atoms with Crippen LogP contribution in [0.25, 0.3) is 0 Å². The second kappa shape index (κ2) is 9.44. The lowest BCUT2D eigenvalue weighted by Crippen LogP contribution is -2.40. The van der Waals surface area contributed by atoms with Gasteiger partial charge in [-0.25, -0.2) is 14.7 Å². The summed E-state index contributed by atoms with van der Waals surface area (Å²) in [7, 11) is 0. The Morgan fingerprint density at radius 1 is 1.11 bits per heavy atom. The van der Waals surface area contributed by atoms with Crippen LogP contribution < -0.4 is 4.90 Å². The number of benzene rings is 1. The van der Waals surface area contributed by atoms with E-state index < -0.39 is 0 Å². The van der Waals surface area contributed by atoms with Gasteiger partial charge in [-0.2, -0.15) is 0 Å². The molecule has 1 aromatic heterocycles. The van der Waals surface area contributed by atoms with E-state index in [2.05, 4.69) is 37.6 Å². The molecule has 146 valence electrons. The lowest BCUT2D eigenvalue weighted by atomic mass is 10.2. The van der Waals surface area contributed by atoms with Crippen LogP contribution in [0.1, 0.15) is 27.7 Å². The van der Waals surface area contributed by atoms with Gasteiger partial charge in [-0.05, 0) is 52.0 Å². The van der Waals surface area contributed by atoms with Crippen LogP contribution in [0.2, 0.25) is 0 Å². The Labute approximate surface area is 171 Å². The highest BCUT2D eigenvalue weighted by atomic mass is 35.5. The normalized spacial score (nSPS) is 12.6. The van der Waals surface area contributed by atoms with Crippen LogP contribution in [-0.2, 0) is 4.74 Å². The molecule has 7 heteroatoms. The fourth-order valence-electron chi connectivity index (χ4n) is 3.19. The number of amides is 1. The first kappa shape index (κ1) is 21.5. The standard InChI is InChI=1S/C20H25N3O2S.ClH/c1-14(2)22(15(3)4)12-13-25-20(24)23-16-8-5-6-9-17(16)26-18-10-7-11-21-19(18)23;/h5-11,14-15H,12-13H2,1-4H3;1H. The molecule has 2 heterocycles. The molecule has 2 aromatic rings. The van der Waals surface area contributed by atoms with Gasteiger partial charge >= 0.3 is 6.09 Å². The minimum Gasteiger partial charge on any atom is -0.448 e. The van der Waals surface area contributed by atoms with Crippen molar-refractivity contribution in [3.05, 3.63) is 42.6 Å². The highest BCUT2D eigenvalue weighted by Gasteiger charge is 2.30. The summed E-state index contributed by atoms with van der Waals surface area (Å²) in [6.07, 6.45) is 1.32. The number of halogens is 1. The van der Waals surface area contributed by atoms with E-state index in [1.54, 1.807) is 22.9 Å². The smallest absolute Gasteiger partial charge is 0.420 e. The molecule has 0 saturated heterocycles. The molecule has 27 heavy (non-hydrogen) atoms. The van der Waals surface area contributed by atoms with E-state index in [1.165, 1.54) is 0 Å². The SMILES string of the molecule is CC(C)N(CCOC(=O)N1c2ccccc2Sc2cccnc21)C(C)C.Cl. The molecule has 1 aliphatic rings. The summed E-state index contributed by atoms with van der Waals surface area (Å²) >= 11 is 1.62.